The molecule has 31 heavy (non-hydrogen) atoms. The van der Waals surface area contributed by atoms with E-state index in [4.69, 9.17) is 0 Å². The van der Waals surface area contributed by atoms with Gasteiger partial charge in [0, 0.05) is 11.4 Å². The third kappa shape index (κ3) is 3.86. The van der Waals surface area contributed by atoms with Crippen molar-refractivity contribution >= 4 is 39.0 Å². The molecular weight excluding hydrogens is 374 g/mol. The zero-order chi connectivity index (χ0) is 21.0. The van der Waals surface area contributed by atoms with E-state index in [1.165, 1.54) is 38.2 Å². The fourth-order valence-electron chi connectivity index (χ4n) is 4.07. The third-order valence-electron chi connectivity index (χ3n) is 5.60. The van der Waals surface area contributed by atoms with Gasteiger partial charge in [0.25, 0.3) is 0 Å². The quantitative estimate of drug-likeness (QED) is 0.293. The summed E-state index contributed by atoms with van der Waals surface area (Å²) in [5.41, 5.74) is 5.82. The van der Waals surface area contributed by atoms with Crippen molar-refractivity contribution in [2.24, 2.45) is 0 Å². The lowest BCUT2D eigenvalue weighted by Gasteiger charge is -2.11. The maximum Gasteiger partial charge on any atom is 0.0390 e. The lowest BCUT2D eigenvalue weighted by atomic mass is 9.95. The minimum absolute atomic E-state index is 1.08. The highest BCUT2D eigenvalue weighted by Crippen LogP contribution is 2.32. The van der Waals surface area contributed by atoms with Gasteiger partial charge < -0.3 is 5.32 Å². The summed E-state index contributed by atoms with van der Waals surface area (Å²) >= 11 is 0. The van der Waals surface area contributed by atoms with Crippen LogP contribution in [0.1, 0.15) is 5.56 Å². The smallest absolute Gasteiger partial charge is 0.0390 e. The molecule has 0 saturated carbocycles. The second kappa shape index (κ2) is 8.33. The molecule has 0 amide bonds. The van der Waals surface area contributed by atoms with Crippen LogP contribution < -0.4 is 5.32 Å². The summed E-state index contributed by atoms with van der Waals surface area (Å²) in [5, 5.41) is 8.51. The predicted molar refractivity (Wildman–Crippen MR) is 136 cm³/mol. The molecule has 5 rings (SSSR count). The first-order valence-electron chi connectivity index (χ1n) is 10.5. The van der Waals surface area contributed by atoms with E-state index in [-0.39, 0.29) is 0 Å². The molecule has 1 N–H and O–H groups in total. The van der Waals surface area contributed by atoms with Crippen LogP contribution in [0.5, 0.6) is 0 Å². The Balaban J connectivity index is 1.46. The van der Waals surface area contributed by atoms with Gasteiger partial charge in [-0.05, 0) is 62.5 Å². The Bertz CT molecular complexity index is 1410. The van der Waals surface area contributed by atoms with Crippen LogP contribution in [0.4, 0.5) is 11.4 Å². The average Bonchev–Trinajstić information content (AvgIpc) is 2.83. The van der Waals surface area contributed by atoms with E-state index in [0.29, 0.717) is 0 Å². The van der Waals surface area contributed by atoms with E-state index < -0.39 is 0 Å². The summed E-state index contributed by atoms with van der Waals surface area (Å²) < 4.78 is 0. The van der Waals surface area contributed by atoms with Crippen LogP contribution in [0.25, 0.3) is 38.7 Å². The van der Waals surface area contributed by atoms with Gasteiger partial charge in [0.15, 0.2) is 0 Å². The van der Waals surface area contributed by atoms with Crippen LogP contribution in [-0.4, -0.2) is 0 Å². The lowest BCUT2D eigenvalue weighted by Crippen LogP contribution is -1.90. The summed E-state index contributed by atoms with van der Waals surface area (Å²) in [6, 6.07) is 36.5. The van der Waals surface area contributed by atoms with Crippen LogP contribution >= 0.6 is 0 Å². The molecule has 0 aliphatic carbocycles. The molecule has 0 aromatic heterocycles. The fraction of sp³-hybridized carbons (Fsp3) is 0. The number of fused-ring (bicyclic) bond motifs is 2. The molecule has 0 bridgehead atoms. The standard InChI is InChI=1S/C30H23N/c1-2-3-8-23-11-6-14-30-28(23)12-7-13-29(30)24-16-18-26(19-17-24)31-27-20-15-22-9-4-5-10-25(22)21-27/h2-21,31H,1H2/b8-3-. The first kappa shape index (κ1) is 18.9. The summed E-state index contributed by atoms with van der Waals surface area (Å²) in [6.07, 6.45) is 5.90. The van der Waals surface area contributed by atoms with Gasteiger partial charge in [0.2, 0.25) is 0 Å². The minimum Gasteiger partial charge on any atom is -0.356 e. The number of allylic oxidation sites excluding steroid dienone is 2. The highest BCUT2D eigenvalue weighted by molar-refractivity contribution is 6.01. The number of rotatable bonds is 5. The van der Waals surface area contributed by atoms with Gasteiger partial charge in [-0.3, -0.25) is 0 Å². The molecule has 0 aliphatic heterocycles. The molecule has 5 aromatic carbocycles. The molecule has 148 valence electrons. The van der Waals surface area contributed by atoms with Gasteiger partial charge in [0.1, 0.15) is 0 Å². The lowest BCUT2D eigenvalue weighted by molar-refractivity contribution is 1.56. The van der Waals surface area contributed by atoms with Crippen LogP contribution in [0, 0.1) is 0 Å². The van der Waals surface area contributed by atoms with Gasteiger partial charge in [0.05, 0.1) is 0 Å². The predicted octanol–water partition coefficient (Wildman–Crippen LogP) is 8.60. The normalized spacial score (nSPS) is 11.2. The molecule has 0 fully saturated rings. The van der Waals surface area contributed by atoms with Gasteiger partial charge in [-0.1, -0.05) is 104 Å². The highest BCUT2D eigenvalue weighted by atomic mass is 14.9. The Hall–Kier alpha value is -4.10. The van der Waals surface area contributed by atoms with E-state index in [0.717, 1.165) is 11.4 Å². The second-order valence-corrected chi connectivity index (χ2v) is 7.61. The Labute approximate surface area is 183 Å². The summed E-state index contributed by atoms with van der Waals surface area (Å²) in [6.45, 7) is 3.78. The van der Waals surface area contributed by atoms with E-state index in [1.54, 1.807) is 0 Å². The zero-order valence-electron chi connectivity index (χ0n) is 17.3. The Morgan fingerprint density at radius 3 is 2.19 bits per heavy atom. The molecular formula is C30H23N. The van der Waals surface area contributed by atoms with Gasteiger partial charge >= 0.3 is 0 Å². The monoisotopic (exact) mass is 397 g/mol. The van der Waals surface area contributed by atoms with E-state index in [1.807, 2.05) is 12.2 Å². The zero-order valence-corrected chi connectivity index (χ0v) is 17.3. The van der Waals surface area contributed by atoms with Crippen molar-refractivity contribution in [1.29, 1.82) is 0 Å². The van der Waals surface area contributed by atoms with E-state index in [9.17, 15) is 0 Å². The summed E-state index contributed by atoms with van der Waals surface area (Å²) in [4.78, 5) is 0. The fourth-order valence-corrected chi connectivity index (χ4v) is 4.07. The Morgan fingerprint density at radius 1 is 0.613 bits per heavy atom. The Morgan fingerprint density at radius 2 is 1.35 bits per heavy atom. The molecule has 1 nitrogen and oxygen atoms in total. The molecule has 0 atom stereocenters. The van der Waals surface area contributed by atoms with E-state index in [2.05, 4.69) is 121 Å². The molecule has 0 saturated heterocycles. The molecule has 0 radical (unpaired) electrons. The van der Waals surface area contributed by atoms with Gasteiger partial charge in [-0.15, -0.1) is 0 Å². The van der Waals surface area contributed by atoms with Gasteiger partial charge in [-0.2, -0.15) is 0 Å². The first-order chi connectivity index (χ1) is 15.3. The number of hydrogen-bond acceptors (Lipinski definition) is 1. The SMILES string of the molecule is C=C/C=C\c1cccc2c(-c3ccc(Nc4ccc5ccccc5c4)cc3)cccc12. The van der Waals surface area contributed by atoms with E-state index >= 15 is 0 Å². The molecule has 5 aromatic rings. The molecule has 0 heterocycles. The molecule has 0 spiro atoms. The topological polar surface area (TPSA) is 12.0 Å². The van der Waals surface area contributed by atoms with Crippen molar-refractivity contribution < 1.29 is 0 Å². The number of benzene rings is 5. The third-order valence-corrected chi connectivity index (χ3v) is 5.60. The number of hydrogen-bond donors (Lipinski definition) is 1. The van der Waals surface area contributed by atoms with Crippen LogP contribution in [0.15, 0.2) is 122 Å². The first-order valence-corrected chi connectivity index (χ1v) is 10.5. The summed E-state index contributed by atoms with van der Waals surface area (Å²) in [7, 11) is 0. The highest BCUT2D eigenvalue weighted by Gasteiger charge is 2.06. The average molecular weight is 398 g/mol. The van der Waals surface area contributed by atoms with Crippen molar-refractivity contribution in [2.45, 2.75) is 0 Å². The van der Waals surface area contributed by atoms with Crippen molar-refractivity contribution in [2.75, 3.05) is 5.32 Å². The maximum atomic E-state index is 3.78. The number of nitrogens with one attached hydrogen (secondary N) is 1. The van der Waals surface area contributed by atoms with Crippen molar-refractivity contribution in [3.8, 4) is 11.1 Å². The summed E-state index contributed by atoms with van der Waals surface area (Å²) in [5.74, 6) is 0. The van der Waals surface area contributed by atoms with Gasteiger partial charge in [-0.25, -0.2) is 0 Å². The van der Waals surface area contributed by atoms with Crippen molar-refractivity contribution in [3.05, 3.63) is 127 Å². The minimum atomic E-state index is 1.08. The number of anilines is 2. The van der Waals surface area contributed by atoms with Crippen molar-refractivity contribution in [3.63, 3.8) is 0 Å². The largest absolute Gasteiger partial charge is 0.356 e. The van der Waals surface area contributed by atoms with Crippen LogP contribution in [0.3, 0.4) is 0 Å². The molecule has 0 aliphatic rings. The molecule has 0 unspecified atom stereocenters. The van der Waals surface area contributed by atoms with Crippen molar-refractivity contribution in [1.82, 2.24) is 0 Å². The maximum absolute atomic E-state index is 3.78. The van der Waals surface area contributed by atoms with Crippen LogP contribution in [0.2, 0.25) is 0 Å². The molecule has 1 heteroatoms. The Kier molecular flexibility index (Phi) is 5.08. The van der Waals surface area contributed by atoms with Crippen LogP contribution in [-0.2, 0) is 0 Å². The second-order valence-electron chi connectivity index (χ2n) is 7.61.